The molecule has 1 rings (SSSR count). The van der Waals surface area contributed by atoms with Gasteiger partial charge in [0.05, 0.1) is 6.07 Å². The second kappa shape index (κ2) is 8.42. The number of alkyl halides is 3. The van der Waals surface area contributed by atoms with Crippen LogP contribution in [0.25, 0.3) is 0 Å². The second-order valence-corrected chi connectivity index (χ2v) is 5.06. The van der Waals surface area contributed by atoms with E-state index < -0.39 is 18.1 Å². The summed E-state index contributed by atoms with van der Waals surface area (Å²) >= 11 is 0. The van der Waals surface area contributed by atoms with Crippen molar-refractivity contribution in [1.82, 2.24) is 4.90 Å². The lowest BCUT2D eigenvalue weighted by Crippen LogP contribution is -2.46. The molecule has 1 atom stereocenters. The number of amides is 1. The first-order valence-electron chi connectivity index (χ1n) is 7.21. The number of nitriles is 1. The highest BCUT2D eigenvalue weighted by atomic mass is 19.4. The summed E-state index contributed by atoms with van der Waals surface area (Å²) in [5, 5.41) is 9.18. The molecule has 1 amide bonds. The van der Waals surface area contributed by atoms with Crippen molar-refractivity contribution in [3.8, 4) is 6.07 Å². The van der Waals surface area contributed by atoms with Crippen molar-refractivity contribution in [3.63, 3.8) is 0 Å². The van der Waals surface area contributed by atoms with Gasteiger partial charge in [-0.2, -0.15) is 18.4 Å². The highest BCUT2D eigenvalue weighted by molar-refractivity contribution is 5.82. The van der Waals surface area contributed by atoms with E-state index >= 15 is 0 Å². The molecule has 0 heterocycles. The van der Waals surface area contributed by atoms with Crippen molar-refractivity contribution in [2.45, 2.75) is 51.4 Å². The molecule has 6 heteroatoms. The van der Waals surface area contributed by atoms with Crippen molar-refractivity contribution in [1.29, 1.82) is 5.26 Å². The Kier molecular flexibility index (Phi) is 6.90. The molecular formula is C16H19F3N2O. The minimum Gasteiger partial charge on any atom is -0.315 e. The third kappa shape index (κ3) is 5.40. The van der Waals surface area contributed by atoms with E-state index in [4.69, 9.17) is 0 Å². The fourth-order valence-electron chi connectivity index (χ4n) is 2.14. The number of carbonyl (C=O) groups is 1. The van der Waals surface area contributed by atoms with Gasteiger partial charge in [-0.05, 0) is 12.0 Å². The van der Waals surface area contributed by atoms with Crippen LogP contribution >= 0.6 is 0 Å². The molecule has 0 aromatic heterocycles. The van der Waals surface area contributed by atoms with E-state index in [0.717, 1.165) is 12.8 Å². The van der Waals surface area contributed by atoms with Crippen LogP contribution in [0.5, 0.6) is 0 Å². The molecule has 0 radical (unpaired) electrons. The average Bonchev–Trinajstić information content (AvgIpc) is 2.49. The van der Waals surface area contributed by atoms with E-state index in [0.29, 0.717) is 16.9 Å². The SMILES string of the molecule is CCCCCC(C#N)N(Cc1ccccc1)C(=O)C(F)(F)F. The first kappa shape index (κ1) is 18.0. The molecule has 1 aromatic carbocycles. The molecule has 0 aliphatic carbocycles. The third-order valence-electron chi connectivity index (χ3n) is 3.31. The number of hydrogen-bond donors (Lipinski definition) is 0. The van der Waals surface area contributed by atoms with Crippen molar-refractivity contribution in [2.75, 3.05) is 0 Å². The highest BCUT2D eigenvalue weighted by Crippen LogP contribution is 2.23. The Balaban J connectivity index is 2.94. The van der Waals surface area contributed by atoms with Crippen LogP contribution < -0.4 is 0 Å². The fourth-order valence-corrected chi connectivity index (χ4v) is 2.14. The van der Waals surface area contributed by atoms with E-state index in [1.54, 1.807) is 30.3 Å². The number of benzene rings is 1. The molecule has 1 unspecified atom stereocenters. The number of nitrogens with zero attached hydrogens (tertiary/aromatic N) is 2. The van der Waals surface area contributed by atoms with Crippen molar-refractivity contribution in [3.05, 3.63) is 35.9 Å². The molecule has 0 bridgehead atoms. The standard InChI is InChI=1S/C16H19F3N2O/c1-2-3-5-10-14(11-20)21(15(22)16(17,18)19)12-13-8-6-4-7-9-13/h4,6-9,14H,2-3,5,10,12H2,1H3. The zero-order valence-corrected chi connectivity index (χ0v) is 12.4. The molecule has 0 spiro atoms. The maximum absolute atomic E-state index is 12.8. The number of hydrogen-bond acceptors (Lipinski definition) is 2. The van der Waals surface area contributed by atoms with Crippen molar-refractivity contribution in [2.24, 2.45) is 0 Å². The normalized spacial score (nSPS) is 12.5. The van der Waals surface area contributed by atoms with Gasteiger partial charge in [-0.1, -0.05) is 56.5 Å². The molecule has 0 aliphatic rings. The van der Waals surface area contributed by atoms with E-state index in [1.165, 1.54) is 0 Å². The summed E-state index contributed by atoms with van der Waals surface area (Å²) < 4.78 is 38.4. The molecular weight excluding hydrogens is 293 g/mol. The molecule has 3 nitrogen and oxygen atoms in total. The van der Waals surface area contributed by atoms with Gasteiger partial charge in [-0.3, -0.25) is 4.79 Å². The van der Waals surface area contributed by atoms with Crippen LogP contribution in [0.4, 0.5) is 13.2 Å². The monoisotopic (exact) mass is 312 g/mol. The van der Waals surface area contributed by atoms with Crippen LogP contribution in [0, 0.1) is 11.3 Å². The topological polar surface area (TPSA) is 44.1 Å². The van der Waals surface area contributed by atoms with Crippen LogP contribution in [0.15, 0.2) is 30.3 Å². The van der Waals surface area contributed by atoms with Crippen molar-refractivity contribution >= 4 is 5.91 Å². The summed E-state index contributed by atoms with van der Waals surface area (Å²) in [5.41, 5.74) is 0.566. The Morgan fingerprint density at radius 2 is 1.91 bits per heavy atom. The van der Waals surface area contributed by atoms with Crippen LogP contribution in [0.2, 0.25) is 0 Å². The summed E-state index contributed by atoms with van der Waals surface area (Å²) in [6, 6.07) is 9.15. The average molecular weight is 312 g/mol. The van der Waals surface area contributed by atoms with E-state index in [-0.39, 0.29) is 13.0 Å². The van der Waals surface area contributed by atoms with E-state index in [9.17, 15) is 23.2 Å². The first-order chi connectivity index (χ1) is 10.4. The quantitative estimate of drug-likeness (QED) is 0.713. The van der Waals surface area contributed by atoms with E-state index in [2.05, 4.69) is 0 Å². The molecule has 1 aromatic rings. The summed E-state index contributed by atoms with van der Waals surface area (Å²) in [5.74, 6) is -1.96. The van der Waals surface area contributed by atoms with Gasteiger partial charge >= 0.3 is 12.1 Å². The maximum atomic E-state index is 12.8. The zero-order valence-electron chi connectivity index (χ0n) is 12.4. The Hall–Kier alpha value is -2.03. The van der Waals surface area contributed by atoms with Crippen molar-refractivity contribution < 1.29 is 18.0 Å². The van der Waals surface area contributed by atoms with Gasteiger partial charge in [0, 0.05) is 6.54 Å². The lowest BCUT2D eigenvalue weighted by Gasteiger charge is -2.28. The van der Waals surface area contributed by atoms with Gasteiger partial charge < -0.3 is 4.90 Å². The maximum Gasteiger partial charge on any atom is 0.471 e. The number of rotatable bonds is 7. The summed E-state index contributed by atoms with van der Waals surface area (Å²) in [7, 11) is 0. The smallest absolute Gasteiger partial charge is 0.315 e. The molecule has 0 N–H and O–H groups in total. The van der Waals surface area contributed by atoms with Crippen LogP contribution in [0.1, 0.15) is 38.2 Å². The fraction of sp³-hybridized carbons (Fsp3) is 0.500. The Morgan fingerprint density at radius 1 is 1.27 bits per heavy atom. The predicted molar refractivity (Wildman–Crippen MR) is 76.6 cm³/mol. The molecule has 120 valence electrons. The minimum absolute atomic E-state index is 0.219. The summed E-state index contributed by atoms with van der Waals surface area (Å²) in [6.07, 6.45) is -2.40. The molecule has 0 saturated carbocycles. The number of carbonyl (C=O) groups excluding carboxylic acids is 1. The molecule has 0 fully saturated rings. The van der Waals surface area contributed by atoms with Gasteiger partial charge in [-0.15, -0.1) is 0 Å². The summed E-state index contributed by atoms with van der Waals surface area (Å²) in [6.45, 7) is 1.74. The van der Waals surface area contributed by atoms with Gasteiger partial charge in [-0.25, -0.2) is 0 Å². The Morgan fingerprint density at radius 3 is 2.41 bits per heavy atom. The predicted octanol–water partition coefficient (Wildman–Crippen LogP) is 4.05. The first-order valence-corrected chi connectivity index (χ1v) is 7.21. The number of unbranched alkanes of at least 4 members (excludes halogenated alkanes) is 2. The van der Waals surface area contributed by atoms with E-state index in [1.807, 2.05) is 13.0 Å². The Bertz CT molecular complexity index is 508. The highest BCUT2D eigenvalue weighted by Gasteiger charge is 2.44. The Labute approximate surface area is 128 Å². The van der Waals surface area contributed by atoms with Crippen LogP contribution in [0.3, 0.4) is 0 Å². The lowest BCUT2D eigenvalue weighted by atomic mass is 10.1. The minimum atomic E-state index is -4.98. The van der Waals surface area contributed by atoms with Gasteiger partial charge in [0.2, 0.25) is 0 Å². The van der Waals surface area contributed by atoms with Gasteiger partial charge in [0.25, 0.3) is 0 Å². The number of halogens is 3. The molecule has 0 saturated heterocycles. The zero-order chi connectivity index (χ0) is 16.6. The van der Waals surface area contributed by atoms with Crippen LogP contribution in [-0.4, -0.2) is 23.0 Å². The van der Waals surface area contributed by atoms with Gasteiger partial charge in [0.1, 0.15) is 6.04 Å². The molecule has 22 heavy (non-hydrogen) atoms. The second-order valence-electron chi connectivity index (χ2n) is 5.06. The largest absolute Gasteiger partial charge is 0.471 e. The van der Waals surface area contributed by atoms with Crippen LogP contribution in [-0.2, 0) is 11.3 Å². The summed E-state index contributed by atoms with van der Waals surface area (Å²) in [4.78, 5) is 12.3. The molecule has 0 aliphatic heterocycles. The third-order valence-corrected chi connectivity index (χ3v) is 3.31. The lowest BCUT2D eigenvalue weighted by molar-refractivity contribution is -0.187. The van der Waals surface area contributed by atoms with Gasteiger partial charge in [0.15, 0.2) is 0 Å².